The van der Waals surface area contributed by atoms with Gasteiger partial charge in [-0.2, -0.15) is 0 Å². The molecule has 1 aliphatic rings. The lowest BCUT2D eigenvalue weighted by Gasteiger charge is -2.25. The van der Waals surface area contributed by atoms with Gasteiger partial charge in [0.2, 0.25) is 0 Å². The molecule has 1 aromatic rings. The molecule has 2 rings (SSSR count). The van der Waals surface area contributed by atoms with Crippen LogP contribution in [0.4, 0.5) is 10.5 Å². The molecule has 0 aromatic heterocycles. The maximum Gasteiger partial charge on any atom is 0.411 e. The van der Waals surface area contributed by atoms with Gasteiger partial charge in [0, 0.05) is 12.2 Å². The Morgan fingerprint density at radius 3 is 2.36 bits per heavy atom. The number of carbonyl (C=O) groups is 1. The molecule has 5 nitrogen and oxygen atoms in total. The molecule has 1 aromatic carbocycles. The molecule has 28 heavy (non-hydrogen) atoms. The van der Waals surface area contributed by atoms with E-state index in [1.165, 1.54) is 51.4 Å². The lowest BCUT2D eigenvalue weighted by Crippen LogP contribution is -2.33. The average Bonchev–Trinajstić information content (AvgIpc) is 2.69. The predicted octanol–water partition coefficient (Wildman–Crippen LogP) is 5.88. The van der Waals surface area contributed by atoms with Crippen molar-refractivity contribution in [2.24, 2.45) is 0 Å². The Hall–Kier alpha value is -1.46. The molecule has 0 unspecified atom stereocenters. The monoisotopic (exact) mass is 412 g/mol. The molecule has 0 spiro atoms. The number of carbonyl (C=O) groups excluding carboxylic acids is 1. The van der Waals surface area contributed by atoms with E-state index in [0.29, 0.717) is 6.61 Å². The van der Waals surface area contributed by atoms with Gasteiger partial charge in [-0.15, -0.1) is 12.4 Å². The first kappa shape index (κ1) is 24.6. The summed E-state index contributed by atoms with van der Waals surface area (Å²) in [6.07, 6.45) is 11.0. The number of nitrogens with one attached hydrogen (secondary N) is 1. The molecule has 0 bridgehead atoms. The number of nitrogens with zero attached hydrogens (tertiary/aromatic N) is 1. The first-order chi connectivity index (χ1) is 13.3. The Labute approximate surface area is 176 Å². The van der Waals surface area contributed by atoms with Gasteiger partial charge in [0.25, 0.3) is 0 Å². The van der Waals surface area contributed by atoms with Crippen LogP contribution in [-0.4, -0.2) is 43.8 Å². The van der Waals surface area contributed by atoms with Crippen LogP contribution in [0.3, 0.4) is 0 Å². The average molecular weight is 413 g/mol. The summed E-state index contributed by atoms with van der Waals surface area (Å²) in [4.78, 5) is 14.2. The van der Waals surface area contributed by atoms with Gasteiger partial charge >= 0.3 is 6.09 Å². The van der Waals surface area contributed by atoms with Crippen molar-refractivity contribution in [2.75, 3.05) is 38.2 Å². The molecule has 6 heteroatoms. The standard InChI is InChI=1S/C22H36N2O3.ClH/c1-2-3-4-5-6-10-18-26-21-13-11-20(12-14-21)23-22(25)27-19-17-24-15-8-7-9-16-24;/h11-14H,2-10,15-19H2,1H3,(H,23,25);1H. The predicted molar refractivity (Wildman–Crippen MR) is 118 cm³/mol. The molecule has 160 valence electrons. The molecular weight excluding hydrogens is 376 g/mol. The molecule has 1 heterocycles. The third-order valence-corrected chi connectivity index (χ3v) is 4.96. The van der Waals surface area contributed by atoms with E-state index in [2.05, 4.69) is 17.1 Å². The number of piperidine rings is 1. The number of likely N-dealkylation sites (tertiary alicyclic amines) is 1. The van der Waals surface area contributed by atoms with Gasteiger partial charge in [-0.1, -0.05) is 45.4 Å². The van der Waals surface area contributed by atoms with Gasteiger partial charge in [-0.25, -0.2) is 4.79 Å². The van der Waals surface area contributed by atoms with Crippen LogP contribution in [0.5, 0.6) is 5.75 Å². The summed E-state index contributed by atoms with van der Waals surface area (Å²) in [7, 11) is 0. The van der Waals surface area contributed by atoms with Crippen LogP contribution in [0.1, 0.15) is 64.7 Å². The molecule has 1 amide bonds. The normalized spacial score (nSPS) is 14.2. The van der Waals surface area contributed by atoms with Crippen LogP contribution in [0.15, 0.2) is 24.3 Å². The van der Waals surface area contributed by atoms with Gasteiger partial charge in [0.1, 0.15) is 12.4 Å². The van der Waals surface area contributed by atoms with Crippen LogP contribution in [-0.2, 0) is 4.74 Å². The minimum absolute atomic E-state index is 0. The zero-order chi connectivity index (χ0) is 19.2. The summed E-state index contributed by atoms with van der Waals surface area (Å²) in [5.41, 5.74) is 0.727. The fourth-order valence-corrected chi connectivity index (χ4v) is 3.31. The fourth-order valence-electron chi connectivity index (χ4n) is 3.31. The molecule has 0 aliphatic carbocycles. The van der Waals surface area contributed by atoms with Crippen molar-refractivity contribution in [3.8, 4) is 5.75 Å². The number of unbranched alkanes of at least 4 members (excludes halogenated alkanes) is 5. The Bertz CT molecular complexity index is 519. The van der Waals surface area contributed by atoms with Crippen LogP contribution >= 0.6 is 12.4 Å². The molecular formula is C22H37ClN2O3. The van der Waals surface area contributed by atoms with E-state index < -0.39 is 6.09 Å². The summed E-state index contributed by atoms with van der Waals surface area (Å²) in [6.45, 7) is 6.47. The zero-order valence-corrected chi connectivity index (χ0v) is 18.1. The number of benzene rings is 1. The van der Waals surface area contributed by atoms with Crippen LogP contribution in [0, 0.1) is 0 Å². The van der Waals surface area contributed by atoms with Gasteiger partial charge in [0.15, 0.2) is 0 Å². The lowest BCUT2D eigenvalue weighted by atomic mass is 10.1. The van der Waals surface area contributed by atoms with E-state index in [1.807, 2.05) is 24.3 Å². The number of rotatable bonds is 12. The molecule has 0 atom stereocenters. The maximum absolute atomic E-state index is 11.9. The second-order valence-corrected chi connectivity index (χ2v) is 7.30. The summed E-state index contributed by atoms with van der Waals surface area (Å²) in [5.74, 6) is 0.840. The van der Waals surface area contributed by atoms with Crippen molar-refractivity contribution in [1.82, 2.24) is 4.90 Å². The van der Waals surface area contributed by atoms with Crippen molar-refractivity contribution >= 4 is 24.2 Å². The van der Waals surface area contributed by atoms with Gasteiger partial charge in [0.05, 0.1) is 6.61 Å². The molecule has 0 saturated carbocycles. The number of anilines is 1. The van der Waals surface area contributed by atoms with Gasteiger partial charge < -0.3 is 9.47 Å². The van der Waals surface area contributed by atoms with Gasteiger partial charge in [-0.05, 0) is 56.6 Å². The molecule has 0 radical (unpaired) electrons. The SMILES string of the molecule is CCCCCCCCOc1ccc(NC(=O)OCCN2CCCCC2)cc1.Cl. The first-order valence-corrected chi connectivity index (χ1v) is 10.7. The fraction of sp³-hybridized carbons (Fsp3) is 0.682. The van der Waals surface area contributed by atoms with Crippen molar-refractivity contribution in [1.29, 1.82) is 0 Å². The number of amides is 1. The van der Waals surface area contributed by atoms with E-state index in [9.17, 15) is 4.79 Å². The second kappa shape index (κ2) is 15.5. The Morgan fingerprint density at radius 2 is 1.64 bits per heavy atom. The quantitative estimate of drug-likeness (QED) is 0.435. The van der Waals surface area contributed by atoms with E-state index in [4.69, 9.17) is 9.47 Å². The lowest BCUT2D eigenvalue weighted by molar-refractivity contribution is 0.131. The highest BCUT2D eigenvalue weighted by Gasteiger charge is 2.10. The van der Waals surface area contributed by atoms with Crippen molar-refractivity contribution in [3.05, 3.63) is 24.3 Å². The van der Waals surface area contributed by atoms with Crippen molar-refractivity contribution in [2.45, 2.75) is 64.7 Å². The van der Waals surface area contributed by atoms with E-state index in [-0.39, 0.29) is 12.4 Å². The highest BCUT2D eigenvalue weighted by Crippen LogP contribution is 2.16. The third-order valence-electron chi connectivity index (χ3n) is 4.96. The molecule has 1 fully saturated rings. The Kier molecular flexibility index (Phi) is 13.6. The summed E-state index contributed by atoms with van der Waals surface area (Å²) in [5, 5.41) is 2.77. The van der Waals surface area contributed by atoms with Crippen LogP contribution in [0.2, 0.25) is 0 Å². The Balaban J connectivity index is 0.00000392. The number of ether oxygens (including phenoxy) is 2. The van der Waals surface area contributed by atoms with Crippen molar-refractivity contribution < 1.29 is 14.3 Å². The molecule has 1 saturated heterocycles. The summed E-state index contributed by atoms with van der Waals surface area (Å²) >= 11 is 0. The largest absolute Gasteiger partial charge is 0.494 e. The minimum atomic E-state index is -0.396. The first-order valence-electron chi connectivity index (χ1n) is 10.7. The zero-order valence-electron chi connectivity index (χ0n) is 17.3. The van der Waals surface area contributed by atoms with Crippen LogP contribution in [0.25, 0.3) is 0 Å². The topological polar surface area (TPSA) is 50.8 Å². The van der Waals surface area contributed by atoms with Crippen molar-refractivity contribution in [3.63, 3.8) is 0 Å². The maximum atomic E-state index is 11.9. The van der Waals surface area contributed by atoms with Gasteiger partial charge in [-0.3, -0.25) is 10.2 Å². The third kappa shape index (κ3) is 10.8. The van der Waals surface area contributed by atoms with E-state index in [1.54, 1.807) is 0 Å². The summed E-state index contributed by atoms with van der Waals surface area (Å²) in [6, 6.07) is 7.48. The van der Waals surface area contributed by atoms with Crippen LogP contribution < -0.4 is 10.1 Å². The second-order valence-electron chi connectivity index (χ2n) is 7.30. The molecule has 1 aliphatic heterocycles. The summed E-state index contributed by atoms with van der Waals surface area (Å²) < 4.78 is 11.0. The smallest absolute Gasteiger partial charge is 0.411 e. The number of hydrogen-bond donors (Lipinski definition) is 1. The highest BCUT2D eigenvalue weighted by atomic mass is 35.5. The Morgan fingerprint density at radius 1 is 0.964 bits per heavy atom. The van der Waals surface area contributed by atoms with E-state index in [0.717, 1.165) is 44.1 Å². The van der Waals surface area contributed by atoms with E-state index >= 15 is 0 Å². The minimum Gasteiger partial charge on any atom is -0.494 e. The number of halogens is 1. The molecule has 1 N–H and O–H groups in total. The highest BCUT2D eigenvalue weighted by molar-refractivity contribution is 5.85. The number of hydrogen-bond acceptors (Lipinski definition) is 4.